The van der Waals surface area contributed by atoms with Gasteiger partial charge < -0.3 is 0 Å². The molecule has 4 nitrogen and oxygen atoms in total. The molecule has 10 rings (SSSR count). The van der Waals surface area contributed by atoms with Crippen molar-refractivity contribution in [2.75, 3.05) is 0 Å². The Morgan fingerprint density at radius 1 is 0.296 bits per heavy atom. The monoisotopic (exact) mass is 688 g/mol. The van der Waals surface area contributed by atoms with Gasteiger partial charge in [0.15, 0.2) is 17.5 Å². The number of nitrogens with zero attached hydrogens (tertiary/aromatic N) is 4. The number of pyridine rings is 1. The van der Waals surface area contributed by atoms with E-state index in [4.69, 9.17) is 15.0 Å². The highest BCUT2D eigenvalue weighted by Crippen LogP contribution is 2.40. The summed E-state index contributed by atoms with van der Waals surface area (Å²) in [4.78, 5) is 19.9. The molecule has 2 aromatic heterocycles. The molecule has 0 aliphatic rings. The third kappa shape index (κ3) is 5.67. The molecule has 0 aliphatic carbocycles. The second kappa shape index (κ2) is 13.4. The third-order valence-corrected chi connectivity index (χ3v) is 10.2. The van der Waals surface area contributed by atoms with Gasteiger partial charge in [0.05, 0.1) is 0 Å². The molecular weight excluding hydrogens is 657 g/mol. The summed E-state index contributed by atoms with van der Waals surface area (Å²) in [5.74, 6) is 1.88. The van der Waals surface area contributed by atoms with Crippen molar-refractivity contribution in [3.05, 3.63) is 194 Å². The predicted octanol–water partition coefficient (Wildman–Crippen LogP) is 12.7. The van der Waals surface area contributed by atoms with Crippen LogP contribution < -0.4 is 0 Å². The van der Waals surface area contributed by atoms with Crippen molar-refractivity contribution >= 4 is 32.3 Å². The van der Waals surface area contributed by atoms with Gasteiger partial charge in [0.25, 0.3) is 0 Å². The second-order valence-corrected chi connectivity index (χ2v) is 13.5. The number of benzene rings is 8. The van der Waals surface area contributed by atoms with E-state index in [0.29, 0.717) is 17.5 Å². The highest BCUT2D eigenvalue weighted by molar-refractivity contribution is 6.22. The Labute approximate surface area is 313 Å². The Balaban J connectivity index is 1.12. The van der Waals surface area contributed by atoms with Crippen molar-refractivity contribution in [1.82, 2.24) is 19.9 Å². The number of fused-ring (bicyclic) bond motifs is 5. The van der Waals surface area contributed by atoms with Crippen molar-refractivity contribution in [3.8, 4) is 67.5 Å². The topological polar surface area (TPSA) is 51.6 Å². The summed E-state index contributed by atoms with van der Waals surface area (Å²) < 4.78 is 0. The molecule has 0 spiro atoms. The van der Waals surface area contributed by atoms with Crippen LogP contribution in [0.4, 0.5) is 0 Å². The fraction of sp³-hybridized carbons (Fsp3) is 0. The van der Waals surface area contributed by atoms with Gasteiger partial charge in [-0.15, -0.1) is 0 Å². The van der Waals surface area contributed by atoms with Gasteiger partial charge in [0.2, 0.25) is 0 Å². The van der Waals surface area contributed by atoms with Gasteiger partial charge in [0.1, 0.15) is 0 Å². The number of aromatic nitrogens is 4. The van der Waals surface area contributed by atoms with Crippen molar-refractivity contribution in [3.63, 3.8) is 0 Å². The molecule has 0 saturated heterocycles. The maximum absolute atomic E-state index is 5.15. The first kappa shape index (κ1) is 31.4. The minimum absolute atomic E-state index is 0.620. The minimum atomic E-state index is 0.620. The van der Waals surface area contributed by atoms with Gasteiger partial charge in [-0.2, -0.15) is 0 Å². The molecule has 0 amide bonds. The van der Waals surface area contributed by atoms with Crippen LogP contribution in [-0.4, -0.2) is 19.9 Å². The number of hydrogen-bond donors (Lipinski definition) is 0. The standard InChI is InChI=1S/C50H32N4/c1-3-11-33(12-4-1)34-19-23-38(24-20-34)48-52-49(54-50(53-48)44-18-10-9-16-41(44)35-13-5-2-6-14-35)39-25-21-36(22-26-39)45-31-40-15-7-8-17-42(40)43-28-27-37-29-30-51-32-46(37)47(43)45/h1-32H. The van der Waals surface area contributed by atoms with Crippen molar-refractivity contribution < 1.29 is 0 Å². The Morgan fingerprint density at radius 3 is 1.56 bits per heavy atom. The van der Waals surface area contributed by atoms with Crippen LogP contribution in [0.1, 0.15) is 0 Å². The molecule has 0 aliphatic heterocycles. The lowest BCUT2D eigenvalue weighted by atomic mass is 9.90. The normalized spacial score (nSPS) is 11.3. The second-order valence-electron chi connectivity index (χ2n) is 13.5. The Hall–Kier alpha value is -7.30. The zero-order chi connectivity index (χ0) is 35.8. The zero-order valence-electron chi connectivity index (χ0n) is 29.3. The molecule has 8 aromatic carbocycles. The van der Waals surface area contributed by atoms with E-state index < -0.39 is 0 Å². The summed E-state index contributed by atoms with van der Waals surface area (Å²) in [5, 5.41) is 7.17. The van der Waals surface area contributed by atoms with E-state index in [0.717, 1.165) is 44.3 Å². The van der Waals surface area contributed by atoms with Crippen LogP contribution in [0, 0.1) is 0 Å². The van der Waals surface area contributed by atoms with E-state index in [9.17, 15) is 0 Å². The van der Waals surface area contributed by atoms with Gasteiger partial charge in [-0.25, -0.2) is 15.0 Å². The number of hydrogen-bond acceptors (Lipinski definition) is 4. The lowest BCUT2D eigenvalue weighted by Gasteiger charge is -2.14. The lowest BCUT2D eigenvalue weighted by Crippen LogP contribution is -2.01. The van der Waals surface area contributed by atoms with Crippen LogP contribution in [0.15, 0.2) is 194 Å². The summed E-state index contributed by atoms with van der Waals surface area (Å²) in [6.07, 6.45) is 3.84. The van der Waals surface area contributed by atoms with Crippen molar-refractivity contribution in [2.45, 2.75) is 0 Å². The van der Waals surface area contributed by atoms with E-state index in [-0.39, 0.29) is 0 Å². The average Bonchev–Trinajstić information content (AvgIpc) is 3.26. The van der Waals surface area contributed by atoms with Gasteiger partial charge >= 0.3 is 0 Å². The summed E-state index contributed by atoms with van der Waals surface area (Å²) in [7, 11) is 0. The molecule has 0 fully saturated rings. The van der Waals surface area contributed by atoms with E-state index >= 15 is 0 Å². The SMILES string of the molecule is c1ccc(-c2ccc(-c3nc(-c4ccc(-c5cc6ccccc6c6ccc7ccncc7c56)cc4)nc(-c4ccccc4-c4ccccc4)n3)cc2)cc1. The smallest absolute Gasteiger partial charge is 0.164 e. The molecule has 2 heterocycles. The molecule has 0 bridgehead atoms. The average molecular weight is 689 g/mol. The van der Waals surface area contributed by atoms with Crippen LogP contribution >= 0.6 is 0 Å². The molecule has 0 radical (unpaired) electrons. The first-order valence-corrected chi connectivity index (χ1v) is 18.1. The van der Waals surface area contributed by atoms with Crippen LogP contribution in [0.5, 0.6) is 0 Å². The summed E-state index contributed by atoms with van der Waals surface area (Å²) >= 11 is 0. The molecular formula is C50H32N4. The maximum Gasteiger partial charge on any atom is 0.164 e. The van der Waals surface area contributed by atoms with Crippen molar-refractivity contribution in [2.24, 2.45) is 0 Å². The molecule has 252 valence electrons. The summed E-state index contributed by atoms with van der Waals surface area (Å²) in [5.41, 5.74) is 9.57. The van der Waals surface area contributed by atoms with E-state index in [2.05, 4.69) is 169 Å². The highest BCUT2D eigenvalue weighted by Gasteiger charge is 2.17. The van der Waals surface area contributed by atoms with Gasteiger partial charge in [-0.3, -0.25) is 4.98 Å². The van der Waals surface area contributed by atoms with E-state index in [1.54, 1.807) is 0 Å². The van der Waals surface area contributed by atoms with Crippen LogP contribution in [0.2, 0.25) is 0 Å². The summed E-state index contributed by atoms with van der Waals surface area (Å²) in [6, 6.07) is 63.6. The molecule has 54 heavy (non-hydrogen) atoms. The minimum Gasteiger partial charge on any atom is -0.264 e. The maximum atomic E-state index is 5.15. The van der Waals surface area contributed by atoms with Gasteiger partial charge in [-0.1, -0.05) is 170 Å². The largest absolute Gasteiger partial charge is 0.264 e. The molecule has 0 saturated carbocycles. The van der Waals surface area contributed by atoms with Crippen LogP contribution in [0.3, 0.4) is 0 Å². The zero-order valence-corrected chi connectivity index (χ0v) is 29.3. The predicted molar refractivity (Wildman–Crippen MR) is 223 cm³/mol. The van der Waals surface area contributed by atoms with Crippen LogP contribution in [-0.2, 0) is 0 Å². The Morgan fingerprint density at radius 2 is 0.833 bits per heavy atom. The van der Waals surface area contributed by atoms with Crippen molar-refractivity contribution in [1.29, 1.82) is 0 Å². The van der Waals surface area contributed by atoms with Gasteiger partial charge in [-0.05, 0) is 72.4 Å². The number of rotatable bonds is 6. The molecule has 10 aromatic rings. The highest BCUT2D eigenvalue weighted by atomic mass is 15.0. The summed E-state index contributed by atoms with van der Waals surface area (Å²) in [6.45, 7) is 0. The molecule has 0 unspecified atom stereocenters. The Bertz CT molecular complexity index is 2960. The van der Waals surface area contributed by atoms with E-state index in [1.165, 1.54) is 38.1 Å². The molecule has 4 heteroatoms. The Kier molecular flexibility index (Phi) is 7.77. The van der Waals surface area contributed by atoms with Gasteiger partial charge in [0, 0.05) is 34.5 Å². The quantitative estimate of drug-likeness (QED) is 0.163. The van der Waals surface area contributed by atoms with E-state index in [1.807, 2.05) is 30.6 Å². The fourth-order valence-electron chi connectivity index (χ4n) is 7.54. The first-order valence-electron chi connectivity index (χ1n) is 18.1. The fourth-order valence-corrected chi connectivity index (χ4v) is 7.54. The molecule has 0 atom stereocenters. The first-order chi connectivity index (χ1) is 26.8. The third-order valence-electron chi connectivity index (χ3n) is 10.2. The molecule has 0 N–H and O–H groups in total. The lowest BCUT2D eigenvalue weighted by molar-refractivity contribution is 1.07. The van der Waals surface area contributed by atoms with Crippen LogP contribution in [0.25, 0.3) is 99.9 Å².